The largest absolute Gasteiger partial charge is 0.497 e. The first-order chi connectivity index (χ1) is 15.0. The van der Waals surface area contributed by atoms with Crippen molar-refractivity contribution < 1.29 is 17.9 Å². The lowest BCUT2D eigenvalue weighted by Gasteiger charge is -2.39. The topological polar surface area (TPSA) is 83.0 Å². The number of aromatic nitrogens is 1. The summed E-state index contributed by atoms with van der Waals surface area (Å²) >= 11 is 0. The Hall–Kier alpha value is -2.65. The lowest BCUT2D eigenvalue weighted by atomic mass is 9.98. The summed E-state index contributed by atoms with van der Waals surface area (Å²) in [6, 6.07) is 12.2. The Morgan fingerprint density at radius 1 is 1.03 bits per heavy atom. The van der Waals surface area contributed by atoms with E-state index >= 15 is 0 Å². The van der Waals surface area contributed by atoms with Crippen LogP contribution < -0.4 is 9.64 Å². The monoisotopic (exact) mass is 444 g/mol. The summed E-state index contributed by atoms with van der Waals surface area (Å²) in [4.78, 5) is 21.8. The number of benzene rings is 1. The Balaban J connectivity index is 1.38. The standard InChI is InChI=1S/C22H28N4O4S/c1-30-19-7-9-20(10-8-19)31(28,29)26-12-4-5-18(17-26)22(27)25-15-13-24(14-16-25)21-6-2-3-11-23-21/h2-3,6-11,18H,4-5,12-17H2,1H3. The zero-order chi connectivity index (χ0) is 21.8. The van der Waals surface area contributed by atoms with Gasteiger partial charge in [-0.15, -0.1) is 0 Å². The molecule has 2 aliphatic heterocycles. The molecule has 166 valence electrons. The number of methoxy groups -OCH3 is 1. The molecule has 1 aromatic heterocycles. The molecule has 0 spiro atoms. The van der Waals surface area contributed by atoms with Crippen LogP contribution in [0.3, 0.4) is 0 Å². The molecule has 2 aliphatic rings. The van der Waals surface area contributed by atoms with Crippen molar-refractivity contribution in [3.8, 4) is 5.75 Å². The fraction of sp³-hybridized carbons (Fsp3) is 0.455. The lowest BCUT2D eigenvalue weighted by molar-refractivity contribution is -0.137. The van der Waals surface area contributed by atoms with Crippen LogP contribution in [0.15, 0.2) is 53.6 Å². The van der Waals surface area contributed by atoms with Crippen LogP contribution in [-0.4, -0.2) is 74.9 Å². The van der Waals surface area contributed by atoms with E-state index in [1.807, 2.05) is 23.1 Å². The summed E-state index contributed by atoms with van der Waals surface area (Å²) in [5.74, 6) is 1.28. The smallest absolute Gasteiger partial charge is 0.243 e. The van der Waals surface area contributed by atoms with E-state index in [-0.39, 0.29) is 23.3 Å². The second-order valence-electron chi connectivity index (χ2n) is 7.88. The third kappa shape index (κ3) is 4.67. The minimum absolute atomic E-state index is 0.0512. The number of carbonyl (C=O) groups is 1. The summed E-state index contributed by atoms with van der Waals surface area (Å²) in [7, 11) is -2.10. The molecule has 9 heteroatoms. The van der Waals surface area contributed by atoms with E-state index < -0.39 is 10.0 Å². The molecule has 31 heavy (non-hydrogen) atoms. The van der Waals surface area contributed by atoms with Crippen LogP contribution >= 0.6 is 0 Å². The average Bonchev–Trinajstić information content (AvgIpc) is 2.84. The van der Waals surface area contributed by atoms with E-state index in [0.29, 0.717) is 38.2 Å². The summed E-state index contributed by atoms with van der Waals surface area (Å²) in [5, 5.41) is 0. The minimum atomic E-state index is -3.64. The SMILES string of the molecule is COc1ccc(S(=O)(=O)N2CCCC(C(=O)N3CCN(c4ccccn4)CC3)C2)cc1. The van der Waals surface area contributed by atoms with Crippen molar-refractivity contribution in [1.29, 1.82) is 0 Å². The van der Waals surface area contributed by atoms with Crippen LogP contribution in [-0.2, 0) is 14.8 Å². The molecule has 0 N–H and O–H groups in total. The van der Waals surface area contributed by atoms with Crippen molar-refractivity contribution in [1.82, 2.24) is 14.2 Å². The lowest BCUT2D eigenvalue weighted by Crippen LogP contribution is -2.53. The maximum absolute atomic E-state index is 13.1. The fourth-order valence-corrected chi connectivity index (χ4v) is 5.74. The highest BCUT2D eigenvalue weighted by molar-refractivity contribution is 7.89. The van der Waals surface area contributed by atoms with Gasteiger partial charge in [0, 0.05) is 45.5 Å². The number of amides is 1. The Morgan fingerprint density at radius 2 is 1.77 bits per heavy atom. The molecule has 1 amide bonds. The predicted octanol–water partition coefficient (Wildman–Crippen LogP) is 1.84. The fourth-order valence-electron chi connectivity index (χ4n) is 4.21. The number of hydrogen-bond donors (Lipinski definition) is 0. The van der Waals surface area contributed by atoms with Crippen LogP contribution in [0.1, 0.15) is 12.8 Å². The molecule has 8 nitrogen and oxygen atoms in total. The zero-order valence-corrected chi connectivity index (χ0v) is 18.5. The Bertz CT molecular complexity index is 990. The van der Waals surface area contributed by atoms with Gasteiger partial charge in [-0.05, 0) is 49.2 Å². The Labute approximate surface area is 183 Å². The number of hydrogen-bond acceptors (Lipinski definition) is 6. The molecule has 1 aromatic carbocycles. The van der Waals surface area contributed by atoms with Crippen molar-refractivity contribution in [2.75, 3.05) is 51.3 Å². The van der Waals surface area contributed by atoms with Crippen molar-refractivity contribution in [2.45, 2.75) is 17.7 Å². The highest BCUT2D eigenvalue weighted by Crippen LogP contribution is 2.26. The molecule has 0 aliphatic carbocycles. The first-order valence-corrected chi connectivity index (χ1v) is 12.0. The summed E-state index contributed by atoms with van der Waals surface area (Å²) < 4.78 is 32.7. The van der Waals surface area contributed by atoms with E-state index in [9.17, 15) is 13.2 Å². The van der Waals surface area contributed by atoms with Gasteiger partial charge < -0.3 is 14.5 Å². The second kappa shape index (κ2) is 9.23. The van der Waals surface area contributed by atoms with Gasteiger partial charge in [-0.3, -0.25) is 4.79 Å². The van der Waals surface area contributed by atoms with E-state index in [1.54, 1.807) is 37.6 Å². The molecule has 2 aromatic rings. The van der Waals surface area contributed by atoms with Gasteiger partial charge in [0.05, 0.1) is 17.9 Å². The van der Waals surface area contributed by atoms with Gasteiger partial charge in [0.1, 0.15) is 11.6 Å². The van der Waals surface area contributed by atoms with Crippen LogP contribution in [0, 0.1) is 5.92 Å². The van der Waals surface area contributed by atoms with Crippen LogP contribution in [0.2, 0.25) is 0 Å². The molecule has 3 heterocycles. The number of ether oxygens (including phenoxy) is 1. The third-order valence-corrected chi connectivity index (χ3v) is 7.87. The predicted molar refractivity (Wildman–Crippen MR) is 118 cm³/mol. The Kier molecular flexibility index (Phi) is 6.43. The molecule has 0 radical (unpaired) electrons. The molecule has 0 bridgehead atoms. The number of nitrogens with zero attached hydrogens (tertiary/aromatic N) is 4. The van der Waals surface area contributed by atoms with E-state index in [2.05, 4.69) is 9.88 Å². The molecule has 0 saturated carbocycles. The Morgan fingerprint density at radius 3 is 2.42 bits per heavy atom. The van der Waals surface area contributed by atoms with Gasteiger partial charge in [-0.1, -0.05) is 6.07 Å². The van der Waals surface area contributed by atoms with E-state index in [1.165, 1.54) is 4.31 Å². The van der Waals surface area contributed by atoms with E-state index in [4.69, 9.17) is 4.74 Å². The molecule has 2 saturated heterocycles. The third-order valence-electron chi connectivity index (χ3n) is 6.00. The number of rotatable bonds is 5. The highest BCUT2D eigenvalue weighted by atomic mass is 32.2. The number of pyridine rings is 1. The van der Waals surface area contributed by atoms with Crippen molar-refractivity contribution >= 4 is 21.7 Å². The summed E-state index contributed by atoms with van der Waals surface area (Å²) in [6.45, 7) is 3.36. The normalized spacial score (nSPS) is 20.5. The second-order valence-corrected chi connectivity index (χ2v) is 9.82. The molecule has 2 fully saturated rings. The van der Waals surface area contributed by atoms with Gasteiger partial charge in [-0.25, -0.2) is 13.4 Å². The number of anilines is 1. The van der Waals surface area contributed by atoms with Gasteiger partial charge in [0.2, 0.25) is 15.9 Å². The van der Waals surface area contributed by atoms with E-state index in [0.717, 1.165) is 18.9 Å². The molecular formula is C22H28N4O4S. The number of piperidine rings is 1. The summed E-state index contributed by atoms with van der Waals surface area (Å²) in [6.07, 6.45) is 3.17. The summed E-state index contributed by atoms with van der Waals surface area (Å²) in [5.41, 5.74) is 0. The molecule has 1 unspecified atom stereocenters. The van der Waals surface area contributed by atoms with Crippen molar-refractivity contribution in [3.63, 3.8) is 0 Å². The van der Waals surface area contributed by atoms with Gasteiger partial charge >= 0.3 is 0 Å². The van der Waals surface area contributed by atoms with Crippen molar-refractivity contribution in [3.05, 3.63) is 48.7 Å². The zero-order valence-electron chi connectivity index (χ0n) is 17.7. The number of carbonyl (C=O) groups excluding carboxylic acids is 1. The maximum atomic E-state index is 13.1. The minimum Gasteiger partial charge on any atom is -0.497 e. The molecule has 4 rings (SSSR count). The number of piperazine rings is 1. The van der Waals surface area contributed by atoms with Gasteiger partial charge in [0.15, 0.2) is 0 Å². The van der Waals surface area contributed by atoms with Gasteiger partial charge in [-0.2, -0.15) is 4.31 Å². The number of sulfonamides is 1. The van der Waals surface area contributed by atoms with Gasteiger partial charge in [0.25, 0.3) is 0 Å². The van der Waals surface area contributed by atoms with Crippen LogP contribution in [0.4, 0.5) is 5.82 Å². The molecular weight excluding hydrogens is 416 g/mol. The highest BCUT2D eigenvalue weighted by Gasteiger charge is 2.36. The first kappa shape index (κ1) is 21.6. The first-order valence-electron chi connectivity index (χ1n) is 10.6. The van der Waals surface area contributed by atoms with Crippen LogP contribution in [0.5, 0.6) is 5.75 Å². The quantitative estimate of drug-likeness (QED) is 0.700. The maximum Gasteiger partial charge on any atom is 0.243 e. The molecule has 1 atom stereocenters. The average molecular weight is 445 g/mol. The van der Waals surface area contributed by atoms with Crippen molar-refractivity contribution in [2.24, 2.45) is 5.92 Å². The van der Waals surface area contributed by atoms with Crippen LogP contribution in [0.25, 0.3) is 0 Å².